The lowest BCUT2D eigenvalue weighted by Gasteiger charge is -2.34. The molecule has 1 fully saturated rings. The summed E-state index contributed by atoms with van der Waals surface area (Å²) in [6.07, 6.45) is 0. The number of aromatic nitrogens is 2. The first-order valence-electron chi connectivity index (χ1n) is 9.39. The SMILES string of the molecule is CCNC(=O)CN1CCN(Cc2cccc(-n3nc(C)cc3C)c2)CC1. The molecule has 1 N–H and O–H groups in total. The Kier molecular flexibility index (Phi) is 6.06. The van der Waals surface area contributed by atoms with Crippen LogP contribution in [0.15, 0.2) is 30.3 Å². The minimum Gasteiger partial charge on any atom is -0.355 e. The minimum atomic E-state index is 0.124. The Labute approximate surface area is 155 Å². The standard InChI is InChI=1S/C20H29N5O/c1-4-21-20(26)15-24-10-8-23(9-11-24)14-18-6-5-7-19(13-18)25-17(3)12-16(2)22-25/h5-7,12-13H,4,8-11,14-15H2,1-3H3,(H,21,26). The lowest BCUT2D eigenvalue weighted by Crippen LogP contribution is -2.49. The van der Waals surface area contributed by atoms with Gasteiger partial charge in [0, 0.05) is 45.0 Å². The molecule has 140 valence electrons. The van der Waals surface area contributed by atoms with Crippen LogP contribution in [0.5, 0.6) is 0 Å². The van der Waals surface area contributed by atoms with E-state index in [-0.39, 0.29) is 5.91 Å². The van der Waals surface area contributed by atoms with Crippen molar-refractivity contribution in [2.75, 3.05) is 39.3 Å². The van der Waals surface area contributed by atoms with E-state index >= 15 is 0 Å². The second kappa shape index (κ2) is 8.47. The van der Waals surface area contributed by atoms with E-state index in [0.717, 1.165) is 49.8 Å². The number of amides is 1. The number of piperazine rings is 1. The number of hydrogen-bond donors (Lipinski definition) is 1. The molecule has 0 bridgehead atoms. The highest BCUT2D eigenvalue weighted by molar-refractivity contribution is 5.77. The maximum absolute atomic E-state index is 11.7. The van der Waals surface area contributed by atoms with Gasteiger partial charge in [-0.3, -0.25) is 14.6 Å². The Balaban J connectivity index is 1.56. The van der Waals surface area contributed by atoms with Crippen molar-refractivity contribution in [3.63, 3.8) is 0 Å². The van der Waals surface area contributed by atoms with Crippen LogP contribution in [0.4, 0.5) is 0 Å². The summed E-state index contributed by atoms with van der Waals surface area (Å²) in [5.41, 5.74) is 4.60. The van der Waals surface area contributed by atoms with Crippen molar-refractivity contribution >= 4 is 5.91 Å². The van der Waals surface area contributed by atoms with E-state index in [0.29, 0.717) is 13.1 Å². The van der Waals surface area contributed by atoms with Crippen LogP contribution in [0, 0.1) is 13.8 Å². The van der Waals surface area contributed by atoms with Gasteiger partial charge in [0.05, 0.1) is 17.9 Å². The Hall–Kier alpha value is -2.18. The molecule has 0 unspecified atom stereocenters. The molecule has 26 heavy (non-hydrogen) atoms. The Bertz CT molecular complexity index is 746. The van der Waals surface area contributed by atoms with E-state index in [9.17, 15) is 4.79 Å². The van der Waals surface area contributed by atoms with Gasteiger partial charge in [-0.1, -0.05) is 12.1 Å². The molecule has 2 aromatic rings. The van der Waals surface area contributed by atoms with E-state index in [1.807, 2.05) is 18.5 Å². The molecule has 1 aliphatic heterocycles. The van der Waals surface area contributed by atoms with Crippen LogP contribution in [-0.4, -0.2) is 64.8 Å². The normalized spacial score (nSPS) is 16.0. The molecule has 0 atom stereocenters. The number of aryl methyl sites for hydroxylation is 2. The molecule has 0 saturated carbocycles. The summed E-state index contributed by atoms with van der Waals surface area (Å²) in [6, 6.07) is 10.7. The molecule has 0 radical (unpaired) electrons. The van der Waals surface area contributed by atoms with Gasteiger partial charge in [0.1, 0.15) is 0 Å². The molecule has 1 aromatic heterocycles. The van der Waals surface area contributed by atoms with Crippen molar-refractivity contribution < 1.29 is 4.79 Å². The van der Waals surface area contributed by atoms with Crippen LogP contribution in [0.1, 0.15) is 23.9 Å². The van der Waals surface area contributed by atoms with Crippen LogP contribution in [0.25, 0.3) is 5.69 Å². The second-order valence-corrected chi connectivity index (χ2v) is 7.01. The molecule has 1 saturated heterocycles. The van der Waals surface area contributed by atoms with Crippen LogP contribution >= 0.6 is 0 Å². The molecular formula is C20H29N5O. The summed E-state index contributed by atoms with van der Waals surface area (Å²) in [7, 11) is 0. The van der Waals surface area contributed by atoms with Crippen molar-refractivity contribution in [1.29, 1.82) is 0 Å². The highest BCUT2D eigenvalue weighted by atomic mass is 16.2. The van der Waals surface area contributed by atoms with Crippen molar-refractivity contribution in [2.24, 2.45) is 0 Å². The molecule has 3 rings (SSSR count). The molecule has 1 aromatic carbocycles. The maximum atomic E-state index is 11.7. The fourth-order valence-electron chi connectivity index (χ4n) is 3.50. The Morgan fingerprint density at radius 3 is 2.50 bits per heavy atom. The summed E-state index contributed by atoms with van der Waals surface area (Å²) >= 11 is 0. The van der Waals surface area contributed by atoms with Gasteiger partial charge in [-0.05, 0) is 44.5 Å². The molecule has 0 spiro atoms. The van der Waals surface area contributed by atoms with Crippen LogP contribution < -0.4 is 5.32 Å². The third kappa shape index (κ3) is 4.71. The predicted octanol–water partition coefficient (Wildman–Crippen LogP) is 1.74. The molecule has 6 heteroatoms. The van der Waals surface area contributed by atoms with Gasteiger partial charge < -0.3 is 5.32 Å². The molecule has 0 aliphatic carbocycles. The van der Waals surface area contributed by atoms with Crippen molar-refractivity contribution in [3.8, 4) is 5.69 Å². The summed E-state index contributed by atoms with van der Waals surface area (Å²) in [6.45, 7) is 12.1. The van der Waals surface area contributed by atoms with Gasteiger partial charge in [0.15, 0.2) is 0 Å². The molecular weight excluding hydrogens is 326 g/mol. The van der Waals surface area contributed by atoms with Gasteiger partial charge in [-0.2, -0.15) is 5.10 Å². The average molecular weight is 355 g/mol. The summed E-state index contributed by atoms with van der Waals surface area (Å²) in [5, 5.41) is 7.45. The highest BCUT2D eigenvalue weighted by Gasteiger charge is 2.19. The second-order valence-electron chi connectivity index (χ2n) is 7.01. The number of likely N-dealkylation sites (N-methyl/N-ethyl adjacent to an activating group) is 1. The fraction of sp³-hybridized carbons (Fsp3) is 0.500. The van der Waals surface area contributed by atoms with Crippen LogP contribution in [0.2, 0.25) is 0 Å². The van der Waals surface area contributed by atoms with Gasteiger partial charge >= 0.3 is 0 Å². The van der Waals surface area contributed by atoms with Crippen molar-refractivity contribution in [1.82, 2.24) is 24.9 Å². The first-order chi connectivity index (χ1) is 12.5. The van der Waals surface area contributed by atoms with E-state index < -0.39 is 0 Å². The zero-order chi connectivity index (χ0) is 18.5. The monoisotopic (exact) mass is 355 g/mol. The number of benzene rings is 1. The third-order valence-electron chi connectivity index (χ3n) is 4.78. The van der Waals surface area contributed by atoms with E-state index in [4.69, 9.17) is 0 Å². The summed E-state index contributed by atoms with van der Waals surface area (Å²) < 4.78 is 2.00. The predicted molar refractivity (Wildman–Crippen MR) is 103 cm³/mol. The molecule has 1 amide bonds. The lowest BCUT2D eigenvalue weighted by molar-refractivity contribution is -0.122. The number of hydrogen-bond acceptors (Lipinski definition) is 4. The molecule has 1 aliphatic rings. The highest BCUT2D eigenvalue weighted by Crippen LogP contribution is 2.16. The quantitative estimate of drug-likeness (QED) is 0.858. The first-order valence-corrected chi connectivity index (χ1v) is 9.39. The van der Waals surface area contributed by atoms with Gasteiger partial charge in [-0.25, -0.2) is 4.68 Å². The van der Waals surface area contributed by atoms with Crippen LogP contribution in [-0.2, 0) is 11.3 Å². The number of carbonyl (C=O) groups is 1. The Morgan fingerprint density at radius 2 is 1.85 bits per heavy atom. The number of carbonyl (C=O) groups excluding carboxylic acids is 1. The number of nitrogens with one attached hydrogen (secondary N) is 1. The summed E-state index contributed by atoms with van der Waals surface area (Å²) in [5.74, 6) is 0.124. The van der Waals surface area contributed by atoms with Gasteiger partial charge in [0.2, 0.25) is 5.91 Å². The van der Waals surface area contributed by atoms with E-state index in [2.05, 4.69) is 57.5 Å². The molecule has 2 heterocycles. The smallest absolute Gasteiger partial charge is 0.234 e. The largest absolute Gasteiger partial charge is 0.355 e. The number of rotatable bonds is 6. The van der Waals surface area contributed by atoms with E-state index in [1.165, 1.54) is 5.56 Å². The van der Waals surface area contributed by atoms with E-state index in [1.54, 1.807) is 0 Å². The van der Waals surface area contributed by atoms with Crippen molar-refractivity contribution in [2.45, 2.75) is 27.3 Å². The lowest BCUT2D eigenvalue weighted by atomic mass is 10.1. The average Bonchev–Trinajstić information content (AvgIpc) is 2.95. The topological polar surface area (TPSA) is 53.4 Å². The zero-order valence-corrected chi connectivity index (χ0v) is 16.0. The first kappa shape index (κ1) is 18.6. The van der Waals surface area contributed by atoms with Crippen LogP contribution in [0.3, 0.4) is 0 Å². The maximum Gasteiger partial charge on any atom is 0.234 e. The molecule has 6 nitrogen and oxygen atoms in total. The zero-order valence-electron chi connectivity index (χ0n) is 16.0. The minimum absolute atomic E-state index is 0.124. The van der Waals surface area contributed by atoms with Crippen molar-refractivity contribution in [3.05, 3.63) is 47.3 Å². The van der Waals surface area contributed by atoms with Gasteiger partial charge in [-0.15, -0.1) is 0 Å². The fourth-order valence-corrected chi connectivity index (χ4v) is 3.50. The Morgan fingerprint density at radius 1 is 1.12 bits per heavy atom. The van der Waals surface area contributed by atoms with Gasteiger partial charge in [0.25, 0.3) is 0 Å². The third-order valence-corrected chi connectivity index (χ3v) is 4.78. The summed E-state index contributed by atoms with van der Waals surface area (Å²) in [4.78, 5) is 16.4. The number of nitrogens with zero attached hydrogens (tertiary/aromatic N) is 4.